The summed E-state index contributed by atoms with van der Waals surface area (Å²) in [6.07, 6.45) is 8.90. The summed E-state index contributed by atoms with van der Waals surface area (Å²) in [5.74, 6) is -0.421. The van der Waals surface area contributed by atoms with Gasteiger partial charge in [-0.05, 0) is 68.1 Å². The van der Waals surface area contributed by atoms with Crippen molar-refractivity contribution in [1.82, 2.24) is 10.3 Å². The number of benzene rings is 2. The second-order valence-electron chi connectivity index (χ2n) is 9.24. The van der Waals surface area contributed by atoms with Gasteiger partial charge in [-0.2, -0.15) is 0 Å². The lowest BCUT2D eigenvalue weighted by molar-refractivity contribution is 0.0929. The summed E-state index contributed by atoms with van der Waals surface area (Å²) in [6.45, 7) is 3.78. The predicted octanol–water partition coefficient (Wildman–Crippen LogP) is 4.79. The number of rotatable bonds is 5. The lowest BCUT2D eigenvalue weighted by atomic mass is 9.96. The zero-order valence-electron chi connectivity index (χ0n) is 19.6. The molecule has 0 unspecified atom stereocenters. The Bertz CT molecular complexity index is 1350. The van der Waals surface area contributed by atoms with Crippen LogP contribution in [-0.4, -0.2) is 25.4 Å². The molecule has 7 nitrogen and oxygen atoms in total. The summed E-state index contributed by atoms with van der Waals surface area (Å²) in [7, 11) is -3.92. The Labute approximate surface area is 200 Å². The monoisotopic (exact) mass is 481 g/mol. The van der Waals surface area contributed by atoms with E-state index in [4.69, 9.17) is 0 Å². The van der Waals surface area contributed by atoms with Crippen molar-refractivity contribution in [2.75, 3.05) is 4.72 Å². The standard InChI is InChI=1S/C26H31N3O4S/c1-17-12-18(2)14-20(13-17)29-34(32,33)21-10-11-24-22(15-21)25(30)23(16-27-24)26(31)28-19-8-6-4-3-5-7-9-19/h10-16,19,29H,3-9H2,1-2H3,(H,27,30)(H,28,31). The summed E-state index contributed by atoms with van der Waals surface area (Å²) >= 11 is 0. The van der Waals surface area contributed by atoms with Gasteiger partial charge in [-0.1, -0.05) is 38.2 Å². The summed E-state index contributed by atoms with van der Waals surface area (Å²) in [5.41, 5.74) is 2.31. The number of nitrogens with one attached hydrogen (secondary N) is 3. The Morgan fingerprint density at radius 1 is 0.941 bits per heavy atom. The highest BCUT2D eigenvalue weighted by Crippen LogP contribution is 2.22. The fraction of sp³-hybridized carbons (Fsp3) is 0.385. The molecule has 1 saturated carbocycles. The van der Waals surface area contributed by atoms with Crippen molar-refractivity contribution >= 4 is 32.5 Å². The summed E-state index contributed by atoms with van der Waals surface area (Å²) in [5, 5.41) is 3.17. The average molecular weight is 482 g/mol. The van der Waals surface area contributed by atoms with Crippen LogP contribution < -0.4 is 15.5 Å². The number of sulfonamides is 1. The van der Waals surface area contributed by atoms with Crippen molar-refractivity contribution in [2.24, 2.45) is 0 Å². The maximum absolute atomic E-state index is 13.2. The predicted molar refractivity (Wildman–Crippen MR) is 135 cm³/mol. The van der Waals surface area contributed by atoms with E-state index in [-0.39, 0.29) is 21.9 Å². The van der Waals surface area contributed by atoms with Crippen molar-refractivity contribution in [3.63, 3.8) is 0 Å². The quantitative estimate of drug-likeness (QED) is 0.487. The minimum Gasteiger partial charge on any atom is -0.360 e. The highest BCUT2D eigenvalue weighted by molar-refractivity contribution is 7.92. The van der Waals surface area contributed by atoms with Crippen LogP contribution in [0.25, 0.3) is 10.9 Å². The van der Waals surface area contributed by atoms with E-state index in [0.717, 1.165) is 49.7 Å². The molecule has 4 rings (SSSR count). The minimum atomic E-state index is -3.92. The van der Waals surface area contributed by atoms with Crippen molar-refractivity contribution in [1.29, 1.82) is 0 Å². The zero-order valence-corrected chi connectivity index (χ0v) is 20.4. The van der Waals surface area contributed by atoms with E-state index in [0.29, 0.717) is 11.2 Å². The minimum absolute atomic E-state index is 0.00799. The molecule has 1 fully saturated rings. The number of H-pyrrole nitrogens is 1. The molecule has 1 heterocycles. The number of carbonyl (C=O) groups is 1. The van der Waals surface area contributed by atoms with Crippen molar-refractivity contribution in [3.05, 3.63) is 69.5 Å². The van der Waals surface area contributed by atoms with Gasteiger partial charge in [-0.15, -0.1) is 0 Å². The number of anilines is 1. The van der Waals surface area contributed by atoms with Gasteiger partial charge in [-0.25, -0.2) is 8.42 Å². The highest BCUT2D eigenvalue weighted by Gasteiger charge is 2.20. The topological polar surface area (TPSA) is 108 Å². The first kappa shape index (κ1) is 24.0. The number of aryl methyl sites for hydroxylation is 2. The molecule has 8 heteroatoms. The van der Waals surface area contributed by atoms with Gasteiger partial charge in [0.15, 0.2) is 0 Å². The van der Waals surface area contributed by atoms with Crippen molar-refractivity contribution < 1.29 is 13.2 Å². The Morgan fingerprint density at radius 2 is 1.59 bits per heavy atom. The molecular weight excluding hydrogens is 450 g/mol. The maximum atomic E-state index is 13.2. The Hall–Kier alpha value is -3.13. The van der Waals surface area contributed by atoms with E-state index < -0.39 is 21.4 Å². The molecule has 0 atom stereocenters. The highest BCUT2D eigenvalue weighted by atomic mass is 32.2. The molecule has 0 aliphatic heterocycles. The van der Waals surface area contributed by atoms with Gasteiger partial charge in [0, 0.05) is 28.8 Å². The number of fused-ring (bicyclic) bond motifs is 1. The molecule has 3 aromatic rings. The van der Waals surface area contributed by atoms with Crippen LogP contribution in [0.3, 0.4) is 0 Å². The number of aromatic amines is 1. The Morgan fingerprint density at radius 3 is 2.26 bits per heavy atom. The molecule has 3 N–H and O–H groups in total. The smallest absolute Gasteiger partial charge is 0.261 e. The van der Waals surface area contributed by atoms with Crippen molar-refractivity contribution in [3.8, 4) is 0 Å². The SMILES string of the molecule is Cc1cc(C)cc(NS(=O)(=O)c2ccc3[nH]cc(C(=O)NC4CCCCCCC4)c(=O)c3c2)c1. The third-order valence-electron chi connectivity index (χ3n) is 6.32. The number of aromatic nitrogens is 1. The number of hydrogen-bond acceptors (Lipinski definition) is 4. The number of amides is 1. The van der Waals surface area contributed by atoms with E-state index in [9.17, 15) is 18.0 Å². The van der Waals surface area contributed by atoms with Crippen molar-refractivity contribution in [2.45, 2.75) is 69.7 Å². The van der Waals surface area contributed by atoms with Crippen LogP contribution in [0.2, 0.25) is 0 Å². The molecule has 1 aliphatic rings. The number of carbonyl (C=O) groups excluding carboxylic acids is 1. The van der Waals surface area contributed by atoms with Gasteiger partial charge in [0.1, 0.15) is 5.56 Å². The molecule has 1 aromatic heterocycles. The number of pyridine rings is 1. The lowest BCUT2D eigenvalue weighted by Gasteiger charge is -2.21. The zero-order chi connectivity index (χ0) is 24.3. The third-order valence-corrected chi connectivity index (χ3v) is 7.70. The van der Waals surface area contributed by atoms with Gasteiger partial charge >= 0.3 is 0 Å². The molecule has 180 valence electrons. The largest absolute Gasteiger partial charge is 0.360 e. The first-order chi connectivity index (χ1) is 16.2. The second kappa shape index (κ2) is 10.0. The molecule has 1 aliphatic carbocycles. The van der Waals surface area contributed by atoms with E-state index in [1.807, 2.05) is 19.9 Å². The van der Waals surface area contributed by atoms with Crippen LogP contribution in [0.5, 0.6) is 0 Å². The van der Waals surface area contributed by atoms with E-state index >= 15 is 0 Å². The Kier molecular flexibility index (Phi) is 7.07. The fourth-order valence-corrected chi connectivity index (χ4v) is 5.71. The lowest BCUT2D eigenvalue weighted by Crippen LogP contribution is -2.37. The molecule has 34 heavy (non-hydrogen) atoms. The first-order valence-electron chi connectivity index (χ1n) is 11.8. The second-order valence-corrected chi connectivity index (χ2v) is 10.9. The molecular formula is C26H31N3O4S. The van der Waals surface area contributed by atoms with Gasteiger partial charge in [0.05, 0.1) is 4.90 Å². The summed E-state index contributed by atoms with van der Waals surface area (Å²) in [4.78, 5) is 29.0. The van der Waals surface area contributed by atoms with Crippen LogP contribution in [-0.2, 0) is 10.0 Å². The van der Waals surface area contributed by atoms with E-state index in [2.05, 4.69) is 15.0 Å². The van der Waals surface area contributed by atoms with Gasteiger partial charge in [-0.3, -0.25) is 14.3 Å². The van der Waals surface area contributed by atoms with Crippen LogP contribution in [0, 0.1) is 13.8 Å². The average Bonchev–Trinajstić information content (AvgIpc) is 2.74. The van der Waals surface area contributed by atoms with E-state index in [1.54, 1.807) is 18.2 Å². The van der Waals surface area contributed by atoms with Gasteiger partial charge in [0.25, 0.3) is 15.9 Å². The van der Waals surface area contributed by atoms with E-state index in [1.165, 1.54) is 24.8 Å². The molecule has 2 aromatic carbocycles. The van der Waals surface area contributed by atoms with Crippen LogP contribution >= 0.6 is 0 Å². The molecule has 1 amide bonds. The normalized spacial score (nSPS) is 15.5. The Balaban J connectivity index is 1.62. The van der Waals surface area contributed by atoms with Gasteiger partial charge < -0.3 is 10.3 Å². The molecule has 0 saturated heterocycles. The fourth-order valence-electron chi connectivity index (χ4n) is 4.64. The molecule has 0 bridgehead atoms. The molecule has 0 radical (unpaired) electrons. The molecule has 0 spiro atoms. The summed E-state index contributed by atoms with van der Waals surface area (Å²) < 4.78 is 28.6. The maximum Gasteiger partial charge on any atom is 0.261 e. The van der Waals surface area contributed by atoms with Crippen LogP contribution in [0.4, 0.5) is 5.69 Å². The third kappa shape index (κ3) is 5.50. The summed E-state index contributed by atoms with van der Waals surface area (Å²) in [6, 6.07) is 9.81. The first-order valence-corrected chi connectivity index (χ1v) is 13.3. The van der Waals surface area contributed by atoms with Gasteiger partial charge in [0.2, 0.25) is 5.43 Å². The van der Waals surface area contributed by atoms with Crippen LogP contribution in [0.15, 0.2) is 52.3 Å². The number of hydrogen-bond donors (Lipinski definition) is 3. The van der Waals surface area contributed by atoms with Crippen LogP contribution in [0.1, 0.15) is 66.4 Å².